The largest absolute Gasteiger partial charge is 0.298 e. The molecule has 0 aromatic heterocycles. The van der Waals surface area contributed by atoms with Crippen LogP contribution in [0.15, 0.2) is 24.3 Å². The Morgan fingerprint density at radius 2 is 2.16 bits per heavy atom. The zero-order chi connectivity index (χ0) is 13.8. The summed E-state index contributed by atoms with van der Waals surface area (Å²) in [5.41, 5.74) is 0.649. The number of hydrogen-bond donors (Lipinski definition) is 0. The number of benzene rings is 1. The first kappa shape index (κ1) is 14.9. The minimum atomic E-state index is 0.142. The third-order valence-electron chi connectivity index (χ3n) is 3.81. The van der Waals surface area contributed by atoms with Gasteiger partial charge in [0.25, 0.3) is 0 Å². The number of nitrogens with zero attached hydrogens (tertiary/aromatic N) is 1. The van der Waals surface area contributed by atoms with Gasteiger partial charge < -0.3 is 0 Å². The van der Waals surface area contributed by atoms with Crippen LogP contribution in [0.2, 0.25) is 5.02 Å². The van der Waals surface area contributed by atoms with E-state index in [4.69, 9.17) is 11.6 Å². The molecular formula is C15H20ClNOS. The zero-order valence-electron chi connectivity index (χ0n) is 11.4. The van der Waals surface area contributed by atoms with Gasteiger partial charge in [0.15, 0.2) is 5.78 Å². The Balaban J connectivity index is 1.92. The smallest absolute Gasteiger partial charge is 0.165 e. The van der Waals surface area contributed by atoms with Gasteiger partial charge in [0.05, 0.1) is 5.02 Å². The molecule has 1 heterocycles. The first-order valence-electron chi connectivity index (χ1n) is 6.73. The Labute approximate surface area is 124 Å². The summed E-state index contributed by atoms with van der Waals surface area (Å²) in [5.74, 6) is 1.30. The van der Waals surface area contributed by atoms with Crippen LogP contribution in [-0.4, -0.2) is 40.8 Å². The van der Waals surface area contributed by atoms with Crippen molar-refractivity contribution in [2.45, 2.75) is 31.6 Å². The fourth-order valence-corrected chi connectivity index (χ4v) is 3.78. The van der Waals surface area contributed by atoms with E-state index in [0.29, 0.717) is 28.3 Å². The molecule has 2 nitrogen and oxygen atoms in total. The molecule has 19 heavy (non-hydrogen) atoms. The normalized spacial score (nSPS) is 24.4. The van der Waals surface area contributed by atoms with Gasteiger partial charge in [0.2, 0.25) is 0 Å². The fraction of sp³-hybridized carbons (Fsp3) is 0.533. The second-order valence-corrected chi connectivity index (χ2v) is 6.90. The molecule has 1 aromatic rings. The van der Waals surface area contributed by atoms with Crippen LogP contribution in [0.4, 0.5) is 0 Å². The average Bonchev–Trinajstić information content (AvgIpc) is 2.40. The van der Waals surface area contributed by atoms with Gasteiger partial charge in [-0.05, 0) is 19.1 Å². The number of thioether (sulfide) groups is 1. The minimum Gasteiger partial charge on any atom is -0.298 e. The molecule has 1 saturated heterocycles. The van der Waals surface area contributed by atoms with Crippen LogP contribution in [0.25, 0.3) is 0 Å². The Hall–Kier alpha value is -0.510. The molecule has 0 aliphatic carbocycles. The van der Waals surface area contributed by atoms with E-state index >= 15 is 0 Å². The van der Waals surface area contributed by atoms with Gasteiger partial charge >= 0.3 is 0 Å². The van der Waals surface area contributed by atoms with Crippen molar-refractivity contribution in [3.63, 3.8) is 0 Å². The molecule has 0 radical (unpaired) electrons. The lowest BCUT2D eigenvalue weighted by Crippen LogP contribution is -2.45. The number of carbonyl (C=O) groups excluding carboxylic acids is 1. The van der Waals surface area contributed by atoms with Gasteiger partial charge in [-0.25, -0.2) is 0 Å². The quantitative estimate of drug-likeness (QED) is 0.790. The fourth-order valence-electron chi connectivity index (χ4n) is 2.38. The summed E-state index contributed by atoms with van der Waals surface area (Å²) in [6.07, 6.45) is 0.547. The lowest BCUT2D eigenvalue weighted by atomic mass is 10.1. The Morgan fingerprint density at radius 1 is 1.42 bits per heavy atom. The van der Waals surface area contributed by atoms with Crippen LogP contribution in [0.3, 0.4) is 0 Å². The molecule has 1 aliphatic rings. The summed E-state index contributed by atoms with van der Waals surface area (Å²) in [6.45, 7) is 6.41. The number of rotatable bonds is 4. The minimum absolute atomic E-state index is 0.142. The molecule has 4 heteroatoms. The summed E-state index contributed by atoms with van der Waals surface area (Å²) < 4.78 is 0. The molecule has 2 unspecified atom stereocenters. The number of ketones is 1. The maximum Gasteiger partial charge on any atom is 0.165 e. The second-order valence-electron chi connectivity index (χ2n) is 5.01. The molecule has 1 fully saturated rings. The van der Waals surface area contributed by atoms with Gasteiger partial charge in [-0.2, -0.15) is 11.8 Å². The van der Waals surface area contributed by atoms with Crippen LogP contribution < -0.4 is 0 Å². The monoisotopic (exact) mass is 297 g/mol. The third-order valence-corrected chi connectivity index (χ3v) is 5.48. The zero-order valence-corrected chi connectivity index (χ0v) is 13.0. The summed E-state index contributed by atoms with van der Waals surface area (Å²) in [7, 11) is 0. The third kappa shape index (κ3) is 3.74. The van der Waals surface area contributed by atoms with E-state index < -0.39 is 0 Å². The van der Waals surface area contributed by atoms with Crippen LogP contribution in [0.1, 0.15) is 30.6 Å². The SMILES string of the molecule is CC1SCCN(CCC(=O)c2ccccc2Cl)C1C. The molecule has 2 atom stereocenters. The van der Waals surface area contributed by atoms with Crippen molar-refractivity contribution >= 4 is 29.1 Å². The van der Waals surface area contributed by atoms with E-state index in [1.165, 1.54) is 0 Å². The van der Waals surface area contributed by atoms with Gasteiger partial charge in [-0.15, -0.1) is 0 Å². The first-order valence-corrected chi connectivity index (χ1v) is 8.15. The molecule has 1 aliphatic heterocycles. The Bertz CT molecular complexity index is 452. The number of halogens is 1. The van der Waals surface area contributed by atoms with Gasteiger partial charge in [-0.1, -0.05) is 30.7 Å². The van der Waals surface area contributed by atoms with E-state index in [1.54, 1.807) is 6.07 Å². The molecule has 0 amide bonds. The van der Waals surface area contributed by atoms with Crippen molar-refractivity contribution in [2.75, 3.05) is 18.8 Å². The highest BCUT2D eigenvalue weighted by atomic mass is 35.5. The van der Waals surface area contributed by atoms with Gasteiger partial charge in [0, 0.05) is 42.1 Å². The Kier molecular flexibility index (Phi) is 5.31. The van der Waals surface area contributed by atoms with E-state index in [-0.39, 0.29) is 5.78 Å². The van der Waals surface area contributed by atoms with Crippen molar-refractivity contribution in [2.24, 2.45) is 0 Å². The topological polar surface area (TPSA) is 20.3 Å². The molecular weight excluding hydrogens is 278 g/mol. The maximum atomic E-state index is 12.2. The number of carbonyl (C=O) groups is 1. The summed E-state index contributed by atoms with van der Waals surface area (Å²) >= 11 is 8.07. The molecule has 104 valence electrons. The van der Waals surface area contributed by atoms with Crippen molar-refractivity contribution in [1.82, 2.24) is 4.90 Å². The van der Waals surface area contributed by atoms with Crippen LogP contribution >= 0.6 is 23.4 Å². The predicted octanol–water partition coefficient (Wildman–Crippen LogP) is 3.74. The molecule has 2 rings (SSSR count). The van der Waals surface area contributed by atoms with Gasteiger partial charge in [-0.3, -0.25) is 9.69 Å². The molecule has 0 N–H and O–H groups in total. The highest BCUT2D eigenvalue weighted by Gasteiger charge is 2.25. The average molecular weight is 298 g/mol. The van der Waals surface area contributed by atoms with Crippen molar-refractivity contribution in [1.29, 1.82) is 0 Å². The first-order chi connectivity index (χ1) is 9.09. The van der Waals surface area contributed by atoms with Crippen molar-refractivity contribution in [3.8, 4) is 0 Å². The van der Waals surface area contributed by atoms with Crippen molar-refractivity contribution in [3.05, 3.63) is 34.9 Å². The summed E-state index contributed by atoms with van der Waals surface area (Å²) in [4.78, 5) is 14.6. The number of hydrogen-bond acceptors (Lipinski definition) is 3. The maximum absolute atomic E-state index is 12.2. The summed E-state index contributed by atoms with van der Waals surface area (Å²) in [5, 5.41) is 1.20. The second kappa shape index (κ2) is 6.78. The van der Waals surface area contributed by atoms with Crippen LogP contribution in [0, 0.1) is 0 Å². The molecule has 1 aromatic carbocycles. The van der Waals surface area contributed by atoms with E-state index in [2.05, 4.69) is 18.7 Å². The highest BCUT2D eigenvalue weighted by molar-refractivity contribution is 8.00. The molecule has 0 bridgehead atoms. The standard InChI is InChI=1S/C15H20ClNOS/c1-11-12(2)19-10-9-17(11)8-7-15(18)13-5-3-4-6-14(13)16/h3-6,11-12H,7-10H2,1-2H3. The van der Waals surface area contributed by atoms with Gasteiger partial charge in [0.1, 0.15) is 0 Å². The van der Waals surface area contributed by atoms with Crippen molar-refractivity contribution < 1.29 is 4.79 Å². The summed E-state index contributed by atoms with van der Waals surface area (Å²) in [6, 6.07) is 7.84. The predicted molar refractivity (Wildman–Crippen MR) is 83.4 cm³/mol. The lowest BCUT2D eigenvalue weighted by Gasteiger charge is -2.37. The number of Topliss-reactive ketones (excluding diaryl/α,β-unsaturated/α-hetero) is 1. The van der Waals surface area contributed by atoms with E-state index in [1.807, 2.05) is 30.0 Å². The highest BCUT2D eigenvalue weighted by Crippen LogP contribution is 2.24. The Morgan fingerprint density at radius 3 is 2.89 bits per heavy atom. The lowest BCUT2D eigenvalue weighted by molar-refractivity contribution is 0.0954. The molecule has 0 saturated carbocycles. The van der Waals surface area contributed by atoms with E-state index in [0.717, 1.165) is 18.8 Å². The van der Waals surface area contributed by atoms with E-state index in [9.17, 15) is 4.79 Å². The van der Waals surface area contributed by atoms with Crippen LogP contribution in [0.5, 0.6) is 0 Å². The molecule has 0 spiro atoms. The van der Waals surface area contributed by atoms with Crippen LogP contribution in [-0.2, 0) is 0 Å².